The molecule has 2 aromatic carbocycles. The monoisotopic (exact) mass is 572 g/mol. The van der Waals surface area contributed by atoms with E-state index in [0.717, 1.165) is 56.4 Å². The highest BCUT2D eigenvalue weighted by molar-refractivity contribution is 7.90. The Kier molecular flexibility index (Phi) is 8.26. The Balaban J connectivity index is 1.55. The van der Waals surface area contributed by atoms with Crippen molar-refractivity contribution in [3.8, 4) is 5.75 Å². The van der Waals surface area contributed by atoms with Crippen molar-refractivity contribution in [1.29, 1.82) is 0 Å². The fourth-order valence-electron chi connectivity index (χ4n) is 5.79. The van der Waals surface area contributed by atoms with E-state index in [0.29, 0.717) is 17.4 Å². The molecule has 0 aromatic heterocycles. The number of benzene rings is 2. The summed E-state index contributed by atoms with van der Waals surface area (Å²) in [5.74, 6) is -0.0221. The topological polar surface area (TPSA) is 95.9 Å². The van der Waals surface area contributed by atoms with Crippen LogP contribution >= 0.6 is 11.6 Å². The second-order valence-electron chi connectivity index (χ2n) is 11.2. The normalized spacial score (nSPS) is 30.0. The van der Waals surface area contributed by atoms with Crippen molar-refractivity contribution in [2.24, 2.45) is 17.8 Å². The van der Waals surface area contributed by atoms with Crippen LogP contribution in [0, 0.1) is 17.8 Å². The molecule has 3 aliphatic rings. The first-order valence-corrected chi connectivity index (χ1v) is 15.8. The van der Waals surface area contributed by atoms with Crippen molar-refractivity contribution in [3.05, 3.63) is 70.3 Å². The third kappa shape index (κ3) is 6.13. The minimum Gasteiger partial charge on any atom is -0.487 e. The number of hydrogen-bond donors (Lipinski definition) is 2. The molecule has 2 N–H and O–H groups in total. The summed E-state index contributed by atoms with van der Waals surface area (Å²) >= 11 is 6.28. The number of anilines is 1. The highest BCUT2D eigenvalue weighted by Crippen LogP contribution is 2.41. The summed E-state index contributed by atoms with van der Waals surface area (Å²) in [5.41, 5.74) is 3.28. The molecule has 1 fully saturated rings. The van der Waals surface area contributed by atoms with Gasteiger partial charge in [0.05, 0.1) is 17.0 Å². The Morgan fingerprint density at radius 1 is 1.05 bits per heavy atom. The Morgan fingerprint density at radius 3 is 2.64 bits per heavy atom. The number of ether oxygens (including phenoxy) is 1. The highest BCUT2D eigenvalue weighted by Gasteiger charge is 2.37. The van der Waals surface area contributed by atoms with E-state index in [-0.39, 0.29) is 23.3 Å². The zero-order valence-electron chi connectivity index (χ0n) is 22.5. The van der Waals surface area contributed by atoms with Gasteiger partial charge in [-0.1, -0.05) is 36.7 Å². The van der Waals surface area contributed by atoms with Gasteiger partial charge in [0, 0.05) is 23.7 Å². The molecule has 1 amide bonds. The molecule has 5 atom stereocenters. The number of nitrogens with one attached hydrogen (secondary N) is 1. The van der Waals surface area contributed by atoms with Crippen molar-refractivity contribution < 1.29 is 23.1 Å². The summed E-state index contributed by atoms with van der Waals surface area (Å²) < 4.78 is 34.7. The number of halogens is 1. The third-order valence-electron chi connectivity index (χ3n) is 8.68. The van der Waals surface area contributed by atoms with Crippen LogP contribution in [0.2, 0.25) is 5.02 Å². The van der Waals surface area contributed by atoms with Crippen molar-refractivity contribution in [2.45, 2.75) is 63.9 Å². The number of aliphatic hydroxyl groups is 1. The molecule has 39 heavy (non-hydrogen) atoms. The molecule has 2 aromatic rings. The number of aliphatic hydroxyl groups excluding tert-OH is 1. The summed E-state index contributed by atoms with van der Waals surface area (Å²) in [6.07, 6.45) is 7.55. The molecular formula is C30H37ClN2O5S. The lowest BCUT2D eigenvalue weighted by Gasteiger charge is -2.42. The number of sulfonamides is 1. The summed E-state index contributed by atoms with van der Waals surface area (Å²) in [6.45, 7) is 5.20. The second-order valence-corrected chi connectivity index (χ2v) is 13.7. The number of allylic oxidation sites excluding steroid dienone is 1. The number of carbonyl (C=O) groups excluding carboxylic acids is 1. The van der Waals surface area contributed by atoms with E-state index in [1.54, 1.807) is 44.2 Å². The van der Waals surface area contributed by atoms with Crippen molar-refractivity contribution in [3.63, 3.8) is 0 Å². The van der Waals surface area contributed by atoms with E-state index < -0.39 is 27.3 Å². The van der Waals surface area contributed by atoms with Gasteiger partial charge in [-0.3, -0.25) is 4.79 Å². The van der Waals surface area contributed by atoms with Gasteiger partial charge in [0.1, 0.15) is 12.4 Å². The molecule has 1 aliphatic carbocycles. The van der Waals surface area contributed by atoms with E-state index >= 15 is 0 Å². The molecule has 210 valence electrons. The second kappa shape index (κ2) is 11.5. The lowest BCUT2D eigenvalue weighted by atomic mass is 9.70. The van der Waals surface area contributed by atoms with Crippen LogP contribution in [0.1, 0.15) is 61.0 Å². The maximum absolute atomic E-state index is 13.2. The Morgan fingerprint density at radius 2 is 1.87 bits per heavy atom. The lowest BCUT2D eigenvalue weighted by Crippen LogP contribution is -2.43. The van der Waals surface area contributed by atoms with Gasteiger partial charge < -0.3 is 14.7 Å². The van der Waals surface area contributed by atoms with Gasteiger partial charge in [0.2, 0.25) is 10.0 Å². The first kappa shape index (κ1) is 28.0. The molecular weight excluding hydrogens is 536 g/mol. The molecule has 1 saturated carbocycles. The van der Waals surface area contributed by atoms with E-state index in [4.69, 9.17) is 16.3 Å². The van der Waals surface area contributed by atoms with Gasteiger partial charge in [0.25, 0.3) is 5.91 Å². The van der Waals surface area contributed by atoms with Crippen molar-refractivity contribution in [1.82, 2.24) is 4.72 Å². The van der Waals surface area contributed by atoms with E-state index in [1.165, 1.54) is 5.56 Å². The summed E-state index contributed by atoms with van der Waals surface area (Å²) in [5, 5.41) is 10.8. The smallest absolute Gasteiger partial charge is 0.264 e. The Bertz CT molecular complexity index is 1360. The number of rotatable bonds is 0. The largest absolute Gasteiger partial charge is 0.487 e. The van der Waals surface area contributed by atoms with Gasteiger partial charge >= 0.3 is 0 Å². The van der Waals surface area contributed by atoms with Crippen LogP contribution in [0.3, 0.4) is 0 Å². The van der Waals surface area contributed by atoms with Crippen LogP contribution in [0.5, 0.6) is 5.75 Å². The summed E-state index contributed by atoms with van der Waals surface area (Å²) in [4.78, 5) is 15.4. The summed E-state index contributed by atoms with van der Waals surface area (Å²) in [6, 6.07) is 11.0. The molecule has 3 unspecified atom stereocenters. The maximum Gasteiger partial charge on any atom is 0.264 e. The van der Waals surface area contributed by atoms with Crippen LogP contribution in [0.4, 0.5) is 5.69 Å². The van der Waals surface area contributed by atoms with Crippen LogP contribution in [0.15, 0.2) is 48.6 Å². The molecule has 2 aliphatic heterocycles. The van der Waals surface area contributed by atoms with Crippen LogP contribution < -0.4 is 14.4 Å². The van der Waals surface area contributed by atoms with Gasteiger partial charge in [-0.15, -0.1) is 0 Å². The fourth-order valence-corrected chi connectivity index (χ4v) is 7.20. The zero-order chi connectivity index (χ0) is 27.7. The maximum atomic E-state index is 13.2. The average Bonchev–Trinajstić information content (AvgIpc) is 2.91. The third-order valence-corrected chi connectivity index (χ3v) is 10.8. The number of nitrogens with zero attached hydrogens (tertiary/aromatic N) is 1. The van der Waals surface area contributed by atoms with E-state index in [9.17, 15) is 18.3 Å². The van der Waals surface area contributed by atoms with E-state index in [2.05, 4.69) is 9.62 Å². The molecule has 5 rings (SSSR count). The first-order chi connectivity index (χ1) is 18.6. The minimum absolute atomic E-state index is 0.0994. The summed E-state index contributed by atoms with van der Waals surface area (Å²) in [7, 11) is -3.94. The molecule has 0 spiro atoms. The van der Waals surface area contributed by atoms with Crippen molar-refractivity contribution >= 4 is 33.2 Å². The molecule has 9 heteroatoms. The van der Waals surface area contributed by atoms with Crippen LogP contribution in [0.25, 0.3) is 0 Å². The molecule has 0 saturated heterocycles. The fraction of sp³-hybridized carbons (Fsp3) is 0.500. The highest BCUT2D eigenvalue weighted by atomic mass is 35.5. The molecule has 7 nitrogen and oxygen atoms in total. The van der Waals surface area contributed by atoms with Crippen LogP contribution in [-0.4, -0.2) is 43.9 Å². The number of amides is 1. The first-order valence-electron chi connectivity index (χ1n) is 13.8. The zero-order valence-corrected chi connectivity index (χ0v) is 24.0. The van der Waals surface area contributed by atoms with Crippen molar-refractivity contribution in [2.75, 3.05) is 18.0 Å². The predicted octanol–water partition coefficient (Wildman–Crippen LogP) is 5.10. The number of carbonyl (C=O) groups is 1. The standard InChI is InChI=1S/C30H37ClN2O5S/c1-19-6-12-28(34)26-11-8-23(26)17-33-14-4-3-5-21-15-25(31)10-7-24(21)18-38-29-13-9-22(16-27(29)33)30(35)32-39(36,37)20(19)2/h6-7,9-10,12-13,15-16,19-20,23,26,28,34H,3-5,8,11,14,17-18H2,1-2H3,(H,32,35)/b12-6+/t19-,20+,23?,26?,28?/m1/s1. The number of fused-ring (bicyclic) bond motifs is 3. The number of hydrogen-bond acceptors (Lipinski definition) is 6. The Hall–Kier alpha value is -2.55. The molecule has 0 radical (unpaired) electrons. The van der Waals surface area contributed by atoms with Gasteiger partial charge in [-0.05, 0) is 98.2 Å². The van der Waals surface area contributed by atoms with Gasteiger partial charge in [0.15, 0.2) is 0 Å². The van der Waals surface area contributed by atoms with E-state index in [1.807, 2.05) is 18.2 Å². The predicted molar refractivity (Wildman–Crippen MR) is 154 cm³/mol. The lowest BCUT2D eigenvalue weighted by molar-refractivity contribution is 0.0460. The van der Waals surface area contributed by atoms with Crippen LogP contribution in [-0.2, 0) is 23.1 Å². The van der Waals surface area contributed by atoms with Gasteiger partial charge in [-0.25, -0.2) is 13.1 Å². The average molecular weight is 573 g/mol. The number of aryl methyl sites for hydroxylation is 1. The molecule has 2 bridgehead atoms. The molecule has 2 heterocycles. The van der Waals surface area contributed by atoms with Gasteiger partial charge in [-0.2, -0.15) is 0 Å². The SMILES string of the molecule is C[C@@H]1/C=C/C(O)C2CCC2CN2CCCCc3cc(Cl)ccc3COc3ccc(cc32)C(=O)NS(=O)(=O)[C@H]1C. The quantitative estimate of drug-likeness (QED) is 0.426. The Labute approximate surface area is 236 Å². The minimum atomic E-state index is -3.94.